The fourth-order valence-electron chi connectivity index (χ4n) is 2.83. The van der Waals surface area contributed by atoms with Gasteiger partial charge in [0.05, 0.1) is 24.5 Å². The second kappa shape index (κ2) is 9.55. The quantitative estimate of drug-likeness (QED) is 0.586. The molecular formula is C19H22BrN5O3S. The minimum atomic E-state index is -0.449. The molecule has 2 aromatic rings. The molecule has 10 heteroatoms. The van der Waals surface area contributed by atoms with E-state index in [4.69, 9.17) is 15.2 Å². The molecule has 1 unspecified atom stereocenters. The summed E-state index contributed by atoms with van der Waals surface area (Å²) in [6, 6.07) is 5.61. The van der Waals surface area contributed by atoms with Crippen LogP contribution < -0.4 is 15.8 Å². The van der Waals surface area contributed by atoms with Crippen molar-refractivity contribution in [3.05, 3.63) is 46.3 Å². The van der Waals surface area contributed by atoms with Gasteiger partial charge in [-0.15, -0.1) is 0 Å². The molecule has 3 N–H and O–H groups in total. The number of carbonyl (C=O) groups excluding carboxylic acids is 1. The van der Waals surface area contributed by atoms with Gasteiger partial charge in [0.2, 0.25) is 5.88 Å². The zero-order valence-corrected chi connectivity index (χ0v) is 18.5. The Morgan fingerprint density at radius 3 is 2.86 bits per heavy atom. The zero-order valence-electron chi connectivity index (χ0n) is 16.1. The molecule has 29 heavy (non-hydrogen) atoms. The Kier molecular flexibility index (Phi) is 7.09. The molecule has 154 valence electrons. The zero-order chi connectivity index (χ0) is 20.9. The van der Waals surface area contributed by atoms with Crippen LogP contribution in [0.2, 0.25) is 0 Å². The number of amides is 1. The maximum Gasteiger partial charge on any atom is 0.275 e. The Hall–Kier alpha value is -2.17. The van der Waals surface area contributed by atoms with Crippen molar-refractivity contribution in [2.24, 2.45) is 10.7 Å². The molecule has 0 fully saturated rings. The lowest BCUT2D eigenvalue weighted by atomic mass is 9.89. The van der Waals surface area contributed by atoms with Crippen LogP contribution in [0.3, 0.4) is 0 Å². The Balaban J connectivity index is 1.73. The summed E-state index contributed by atoms with van der Waals surface area (Å²) in [5, 5.41) is 3.43. The minimum Gasteiger partial charge on any atom is -0.474 e. The van der Waals surface area contributed by atoms with Crippen LogP contribution >= 0.6 is 27.7 Å². The van der Waals surface area contributed by atoms with Gasteiger partial charge in [0.1, 0.15) is 12.3 Å². The average molecular weight is 480 g/mol. The summed E-state index contributed by atoms with van der Waals surface area (Å²) in [7, 11) is 1.59. The van der Waals surface area contributed by atoms with Crippen LogP contribution in [0.4, 0.5) is 5.69 Å². The smallest absolute Gasteiger partial charge is 0.275 e. The van der Waals surface area contributed by atoms with Gasteiger partial charge in [0.25, 0.3) is 5.91 Å². The largest absolute Gasteiger partial charge is 0.474 e. The lowest BCUT2D eigenvalue weighted by Crippen LogP contribution is -2.29. The number of anilines is 1. The van der Waals surface area contributed by atoms with Gasteiger partial charge in [0, 0.05) is 23.0 Å². The number of hydrogen-bond acceptors (Lipinski definition) is 8. The highest BCUT2D eigenvalue weighted by molar-refractivity contribution is 9.10. The van der Waals surface area contributed by atoms with Crippen LogP contribution in [0.15, 0.2) is 40.1 Å². The highest BCUT2D eigenvalue weighted by atomic mass is 79.9. The summed E-state index contributed by atoms with van der Waals surface area (Å²) < 4.78 is 11.2. The lowest BCUT2D eigenvalue weighted by molar-refractivity contribution is 0.102. The van der Waals surface area contributed by atoms with Gasteiger partial charge < -0.3 is 20.5 Å². The van der Waals surface area contributed by atoms with Crippen LogP contribution in [-0.2, 0) is 10.3 Å². The second-order valence-corrected chi connectivity index (χ2v) is 8.52. The maximum atomic E-state index is 12.6. The molecule has 0 spiro atoms. The molecule has 0 aliphatic carbocycles. The highest BCUT2D eigenvalue weighted by Crippen LogP contribution is 2.39. The third-order valence-corrected chi connectivity index (χ3v) is 5.89. The van der Waals surface area contributed by atoms with Crippen molar-refractivity contribution < 1.29 is 14.3 Å². The van der Waals surface area contributed by atoms with Crippen LogP contribution in [0.1, 0.15) is 29.4 Å². The first-order valence-corrected chi connectivity index (χ1v) is 10.7. The second-order valence-electron chi connectivity index (χ2n) is 6.55. The maximum absolute atomic E-state index is 12.6. The van der Waals surface area contributed by atoms with E-state index in [0.29, 0.717) is 29.9 Å². The van der Waals surface area contributed by atoms with Gasteiger partial charge in [0.15, 0.2) is 5.17 Å². The monoisotopic (exact) mass is 479 g/mol. The number of hydrogen-bond donors (Lipinski definition) is 2. The van der Waals surface area contributed by atoms with E-state index in [1.54, 1.807) is 18.9 Å². The normalized spacial score (nSPS) is 18.8. The fourth-order valence-corrected chi connectivity index (χ4v) is 4.48. The van der Waals surface area contributed by atoms with Crippen molar-refractivity contribution >= 4 is 44.5 Å². The third-order valence-electron chi connectivity index (χ3n) is 4.40. The topological polar surface area (TPSA) is 112 Å². The van der Waals surface area contributed by atoms with Crippen molar-refractivity contribution in [1.82, 2.24) is 9.97 Å². The van der Waals surface area contributed by atoms with E-state index in [1.807, 2.05) is 25.1 Å². The molecule has 3 rings (SSSR count). The number of thioether (sulfide) groups is 1. The number of nitrogens with two attached hydrogens (primary N) is 1. The summed E-state index contributed by atoms with van der Waals surface area (Å²) in [5.41, 5.74) is 7.29. The van der Waals surface area contributed by atoms with E-state index >= 15 is 0 Å². The summed E-state index contributed by atoms with van der Waals surface area (Å²) in [6.45, 7) is 2.85. The molecule has 1 aliphatic heterocycles. The molecule has 0 saturated heterocycles. The number of nitrogens with one attached hydrogen (secondary N) is 1. The number of methoxy groups -OCH3 is 1. The van der Waals surface area contributed by atoms with E-state index in [1.165, 1.54) is 12.4 Å². The summed E-state index contributed by atoms with van der Waals surface area (Å²) >= 11 is 5.14. The molecule has 2 heterocycles. The molecule has 0 radical (unpaired) electrons. The van der Waals surface area contributed by atoms with Crippen molar-refractivity contribution in [2.75, 3.05) is 31.4 Å². The minimum absolute atomic E-state index is 0.191. The standard InChI is InChI=1S/C19H22BrN5O3S/c1-19(5-8-29-18(21)25-19)13-9-12(3-4-14(13)20)24-17(26)15-10-23-16(11-22-15)28-7-6-27-2/h3-4,9-11H,5-8H2,1-2H3,(H2,21,25)(H,24,26). The summed E-state index contributed by atoms with van der Waals surface area (Å²) in [6.07, 6.45) is 3.64. The van der Waals surface area contributed by atoms with Crippen molar-refractivity contribution in [3.63, 3.8) is 0 Å². The van der Waals surface area contributed by atoms with Crippen molar-refractivity contribution in [3.8, 4) is 5.88 Å². The molecule has 1 atom stereocenters. The number of carbonyl (C=O) groups is 1. The van der Waals surface area contributed by atoms with Crippen molar-refractivity contribution in [1.29, 1.82) is 0 Å². The predicted octanol–water partition coefficient (Wildman–Crippen LogP) is 3.18. The molecular weight excluding hydrogens is 458 g/mol. The van der Waals surface area contributed by atoms with E-state index in [9.17, 15) is 4.79 Å². The predicted molar refractivity (Wildman–Crippen MR) is 118 cm³/mol. The van der Waals surface area contributed by atoms with Gasteiger partial charge >= 0.3 is 0 Å². The first-order valence-electron chi connectivity index (χ1n) is 8.94. The van der Waals surface area contributed by atoms with Crippen LogP contribution in [-0.4, -0.2) is 47.1 Å². The number of benzene rings is 1. The number of ether oxygens (including phenoxy) is 2. The Labute approximate surface area is 181 Å². The molecule has 0 bridgehead atoms. The highest BCUT2D eigenvalue weighted by Gasteiger charge is 2.31. The Bertz CT molecular complexity index is 909. The molecule has 1 amide bonds. The Morgan fingerprint density at radius 2 is 2.17 bits per heavy atom. The summed E-state index contributed by atoms with van der Waals surface area (Å²) in [5.74, 6) is 0.869. The first-order chi connectivity index (χ1) is 13.9. The molecule has 1 aliphatic rings. The number of aliphatic imine (C=N–C) groups is 1. The van der Waals surface area contributed by atoms with Crippen molar-refractivity contribution in [2.45, 2.75) is 18.9 Å². The van der Waals surface area contributed by atoms with Crippen LogP contribution in [0.5, 0.6) is 5.88 Å². The van der Waals surface area contributed by atoms with E-state index < -0.39 is 5.54 Å². The third kappa shape index (κ3) is 5.46. The molecule has 1 aromatic heterocycles. The molecule has 1 aromatic carbocycles. The number of amidine groups is 1. The van der Waals surface area contributed by atoms with Crippen LogP contribution in [0.25, 0.3) is 0 Å². The van der Waals surface area contributed by atoms with E-state index in [0.717, 1.165) is 22.2 Å². The van der Waals surface area contributed by atoms with Crippen LogP contribution in [0, 0.1) is 0 Å². The summed E-state index contributed by atoms with van der Waals surface area (Å²) in [4.78, 5) is 25.4. The average Bonchev–Trinajstić information content (AvgIpc) is 2.70. The van der Waals surface area contributed by atoms with E-state index in [-0.39, 0.29) is 11.6 Å². The number of rotatable bonds is 7. The lowest BCUT2D eigenvalue weighted by Gasteiger charge is -2.31. The SMILES string of the molecule is COCCOc1cnc(C(=O)Nc2ccc(Br)c(C3(C)CCSC(N)=N3)c2)cn1. The van der Waals surface area contributed by atoms with E-state index in [2.05, 4.69) is 36.2 Å². The number of nitrogens with zero attached hydrogens (tertiary/aromatic N) is 3. The van der Waals surface area contributed by atoms with Gasteiger partial charge in [-0.2, -0.15) is 0 Å². The number of aromatic nitrogens is 2. The van der Waals surface area contributed by atoms with Gasteiger partial charge in [-0.05, 0) is 37.1 Å². The van der Waals surface area contributed by atoms with Gasteiger partial charge in [-0.1, -0.05) is 27.7 Å². The first kappa shape index (κ1) is 21.5. The Morgan fingerprint density at radius 1 is 1.34 bits per heavy atom. The van der Waals surface area contributed by atoms with Gasteiger partial charge in [-0.3, -0.25) is 9.79 Å². The molecule has 0 saturated carbocycles. The molecule has 8 nitrogen and oxygen atoms in total. The number of halogens is 1. The fraction of sp³-hybridized carbons (Fsp3) is 0.368. The van der Waals surface area contributed by atoms with Gasteiger partial charge in [-0.25, -0.2) is 9.97 Å².